The zero-order valence-corrected chi connectivity index (χ0v) is 10.1. The van der Waals surface area contributed by atoms with Gasteiger partial charge in [-0.05, 0) is 18.2 Å². The van der Waals surface area contributed by atoms with E-state index in [1.807, 2.05) is 0 Å². The number of hydrogen-bond acceptors (Lipinski definition) is 3. The lowest BCUT2D eigenvalue weighted by Crippen LogP contribution is -2.31. The highest BCUT2D eigenvalue weighted by molar-refractivity contribution is 5.92. The number of carbonyl (C=O) groups excluding carboxylic acids is 2. The Morgan fingerprint density at radius 3 is 2.72 bits per heavy atom. The number of benzene rings is 1. The van der Waals surface area contributed by atoms with Crippen molar-refractivity contribution in [2.75, 3.05) is 25.5 Å². The van der Waals surface area contributed by atoms with E-state index in [2.05, 4.69) is 16.0 Å². The molecule has 98 valence electrons. The maximum absolute atomic E-state index is 12.8. The summed E-state index contributed by atoms with van der Waals surface area (Å²) in [6, 6.07) is 5.66. The van der Waals surface area contributed by atoms with Crippen LogP contribution in [0, 0.1) is 5.82 Å². The lowest BCUT2D eigenvalue weighted by Gasteiger charge is -2.06. The molecule has 0 heterocycles. The Kier molecular flexibility index (Phi) is 5.79. The molecule has 2 amide bonds. The molecule has 0 saturated carbocycles. The maximum Gasteiger partial charge on any atom is 0.238 e. The minimum absolute atomic E-state index is 0.0769. The number of hydrogen-bond donors (Lipinski definition) is 3. The zero-order chi connectivity index (χ0) is 13.4. The molecular formula is C12H16FN3O2. The molecule has 0 saturated heterocycles. The van der Waals surface area contributed by atoms with E-state index in [9.17, 15) is 14.0 Å². The van der Waals surface area contributed by atoms with Gasteiger partial charge in [0.15, 0.2) is 0 Å². The van der Waals surface area contributed by atoms with Crippen LogP contribution in [0.3, 0.4) is 0 Å². The van der Waals surface area contributed by atoms with E-state index in [1.165, 1.54) is 18.2 Å². The van der Waals surface area contributed by atoms with E-state index in [4.69, 9.17) is 0 Å². The first-order chi connectivity index (χ1) is 8.61. The SMILES string of the molecule is CNC(=O)CCNCC(=O)Nc1cccc(F)c1. The van der Waals surface area contributed by atoms with Crippen LogP contribution in [0.25, 0.3) is 0 Å². The van der Waals surface area contributed by atoms with Gasteiger partial charge >= 0.3 is 0 Å². The van der Waals surface area contributed by atoms with Crippen molar-refractivity contribution in [3.05, 3.63) is 30.1 Å². The summed E-state index contributed by atoms with van der Waals surface area (Å²) in [6.45, 7) is 0.490. The molecule has 5 nitrogen and oxygen atoms in total. The maximum atomic E-state index is 12.8. The predicted molar refractivity (Wildman–Crippen MR) is 66.6 cm³/mol. The van der Waals surface area contributed by atoms with E-state index in [0.29, 0.717) is 18.7 Å². The first kappa shape index (κ1) is 14.1. The average molecular weight is 253 g/mol. The Labute approximate surface area is 105 Å². The number of anilines is 1. The minimum atomic E-state index is -0.402. The summed E-state index contributed by atoms with van der Waals surface area (Å²) >= 11 is 0. The van der Waals surface area contributed by atoms with Crippen molar-refractivity contribution in [1.82, 2.24) is 10.6 Å². The van der Waals surface area contributed by atoms with Crippen LogP contribution in [-0.4, -0.2) is 32.0 Å². The van der Waals surface area contributed by atoms with Crippen LogP contribution in [0.5, 0.6) is 0 Å². The molecule has 1 aromatic carbocycles. The molecule has 3 N–H and O–H groups in total. The fourth-order valence-corrected chi connectivity index (χ4v) is 1.30. The van der Waals surface area contributed by atoms with E-state index in [0.717, 1.165) is 0 Å². The molecule has 0 bridgehead atoms. The van der Waals surface area contributed by atoms with Crippen molar-refractivity contribution in [3.8, 4) is 0 Å². The predicted octanol–water partition coefficient (Wildman–Crippen LogP) is 0.490. The summed E-state index contributed by atoms with van der Waals surface area (Å²) in [5.41, 5.74) is 0.410. The van der Waals surface area contributed by atoms with Gasteiger partial charge in [-0.1, -0.05) is 6.07 Å². The minimum Gasteiger partial charge on any atom is -0.359 e. The highest BCUT2D eigenvalue weighted by Crippen LogP contribution is 2.08. The second-order valence-corrected chi connectivity index (χ2v) is 3.66. The molecule has 1 aromatic rings. The highest BCUT2D eigenvalue weighted by Gasteiger charge is 2.03. The van der Waals surface area contributed by atoms with Crippen LogP contribution in [0.2, 0.25) is 0 Å². The molecular weight excluding hydrogens is 237 g/mol. The van der Waals surface area contributed by atoms with Gasteiger partial charge in [0.05, 0.1) is 6.54 Å². The molecule has 0 atom stereocenters. The lowest BCUT2D eigenvalue weighted by molar-refractivity contribution is -0.121. The van der Waals surface area contributed by atoms with Crippen LogP contribution in [0.1, 0.15) is 6.42 Å². The van der Waals surface area contributed by atoms with E-state index < -0.39 is 5.82 Å². The molecule has 0 aliphatic rings. The highest BCUT2D eigenvalue weighted by atomic mass is 19.1. The van der Waals surface area contributed by atoms with Gasteiger partial charge in [-0.25, -0.2) is 4.39 Å². The summed E-state index contributed by atoms with van der Waals surface area (Å²) in [6.07, 6.45) is 0.309. The quantitative estimate of drug-likeness (QED) is 0.646. The van der Waals surface area contributed by atoms with Gasteiger partial charge in [-0.2, -0.15) is 0 Å². The van der Waals surface area contributed by atoms with E-state index in [-0.39, 0.29) is 18.4 Å². The van der Waals surface area contributed by atoms with E-state index in [1.54, 1.807) is 13.1 Å². The third kappa shape index (κ3) is 5.40. The van der Waals surface area contributed by atoms with Crippen molar-refractivity contribution in [2.24, 2.45) is 0 Å². The molecule has 0 aliphatic carbocycles. The Hall–Kier alpha value is -1.95. The Bertz CT molecular complexity index is 424. The monoisotopic (exact) mass is 253 g/mol. The van der Waals surface area contributed by atoms with Crippen LogP contribution in [-0.2, 0) is 9.59 Å². The van der Waals surface area contributed by atoms with Crippen LogP contribution in [0.15, 0.2) is 24.3 Å². The smallest absolute Gasteiger partial charge is 0.238 e. The normalized spacial score (nSPS) is 9.89. The van der Waals surface area contributed by atoms with Gasteiger partial charge in [-0.3, -0.25) is 9.59 Å². The Morgan fingerprint density at radius 2 is 2.06 bits per heavy atom. The summed E-state index contributed by atoms with van der Waals surface area (Å²) in [7, 11) is 1.55. The molecule has 6 heteroatoms. The molecule has 1 rings (SSSR count). The Morgan fingerprint density at radius 1 is 1.28 bits per heavy atom. The third-order valence-electron chi connectivity index (χ3n) is 2.20. The molecule has 0 aliphatic heterocycles. The second-order valence-electron chi connectivity index (χ2n) is 3.66. The van der Waals surface area contributed by atoms with Crippen molar-refractivity contribution in [3.63, 3.8) is 0 Å². The zero-order valence-electron chi connectivity index (χ0n) is 10.1. The van der Waals surface area contributed by atoms with Gasteiger partial charge in [0.25, 0.3) is 0 Å². The van der Waals surface area contributed by atoms with Crippen molar-refractivity contribution < 1.29 is 14.0 Å². The standard InChI is InChI=1S/C12H16FN3O2/c1-14-11(17)5-6-15-8-12(18)16-10-4-2-3-9(13)7-10/h2-4,7,15H,5-6,8H2,1H3,(H,14,17)(H,16,18). The van der Waals surface area contributed by atoms with Crippen LogP contribution < -0.4 is 16.0 Å². The van der Waals surface area contributed by atoms with Gasteiger partial charge in [0, 0.05) is 25.7 Å². The molecule has 0 aromatic heterocycles. The number of amides is 2. The summed E-state index contributed by atoms with van der Waals surface area (Å²) in [5, 5.41) is 7.84. The number of halogens is 1. The Balaban J connectivity index is 2.24. The third-order valence-corrected chi connectivity index (χ3v) is 2.20. The van der Waals surface area contributed by atoms with Gasteiger partial charge in [-0.15, -0.1) is 0 Å². The molecule has 18 heavy (non-hydrogen) atoms. The molecule has 0 spiro atoms. The average Bonchev–Trinajstić information content (AvgIpc) is 2.34. The number of rotatable bonds is 6. The van der Waals surface area contributed by atoms with Crippen molar-refractivity contribution >= 4 is 17.5 Å². The van der Waals surface area contributed by atoms with Gasteiger partial charge < -0.3 is 16.0 Å². The van der Waals surface area contributed by atoms with Gasteiger partial charge in [0.1, 0.15) is 5.82 Å². The molecule has 0 radical (unpaired) electrons. The summed E-state index contributed by atoms with van der Waals surface area (Å²) < 4.78 is 12.8. The van der Waals surface area contributed by atoms with Crippen molar-refractivity contribution in [2.45, 2.75) is 6.42 Å². The first-order valence-electron chi connectivity index (χ1n) is 5.58. The van der Waals surface area contributed by atoms with Crippen molar-refractivity contribution in [1.29, 1.82) is 0 Å². The fourth-order valence-electron chi connectivity index (χ4n) is 1.30. The van der Waals surface area contributed by atoms with E-state index >= 15 is 0 Å². The van der Waals surface area contributed by atoms with Crippen LogP contribution >= 0.6 is 0 Å². The summed E-state index contributed by atoms with van der Waals surface area (Å²) in [4.78, 5) is 22.3. The topological polar surface area (TPSA) is 70.2 Å². The number of carbonyl (C=O) groups is 2. The largest absolute Gasteiger partial charge is 0.359 e. The lowest BCUT2D eigenvalue weighted by atomic mass is 10.3. The summed E-state index contributed by atoms with van der Waals surface area (Å²) in [5.74, 6) is -0.772. The van der Waals surface area contributed by atoms with Crippen LogP contribution in [0.4, 0.5) is 10.1 Å². The fraction of sp³-hybridized carbons (Fsp3) is 0.333. The second kappa shape index (κ2) is 7.39. The number of nitrogens with one attached hydrogen (secondary N) is 3. The molecule has 0 fully saturated rings. The molecule has 0 unspecified atom stereocenters. The first-order valence-corrected chi connectivity index (χ1v) is 5.58. The van der Waals surface area contributed by atoms with Gasteiger partial charge in [0.2, 0.25) is 11.8 Å².